The first-order valence-electron chi connectivity index (χ1n) is 5.63. The van der Waals surface area contributed by atoms with Crippen LogP contribution in [0.4, 0.5) is 0 Å². The van der Waals surface area contributed by atoms with Gasteiger partial charge in [-0.2, -0.15) is 0 Å². The second-order valence-corrected chi connectivity index (χ2v) is 5.69. The second-order valence-electron chi connectivity index (χ2n) is 3.86. The fourth-order valence-corrected chi connectivity index (χ4v) is 2.17. The third kappa shape index (κ3) is 6.21. The van der Waals surface area contributed by atoms with E-state index in [4.69, 9.17) is 20.1 Å². The van der Waals surface area contributed by atoms with Crippen LogP contribution in [0, 0.1) is 0 Å². The highest BCUT2D eigenvalue weighted by Crippen LogP contribution is 2.05. The predicted molar refractivity (Wildman–Crippen MR) is 87.9 cm³/mol. The smallest absolute Gasteiger partial charge is 0.423 e. The highest BCUT2D eigenvalue weighted by atomic mass is 79.9. The van der Waals surface area contributed by atoms with Crippen LogP contribution in [0.15, 0.2) is 57.5 Å². The first kappa shape index (κ1) is 17.4. The Morgan fingerprint density at radius 2 is 1.00 bits per heavy atom. The summed E-state index contributed by atoms with van der Waals surface area (Å²) in [6.07, 6.45) is 0. The highest BCUT2D eigenvalue weighted by molar-refractivity contribution is 9.10. The summed E-state index contributed by atoms with van der Waals surface area (Å²) in [4.78, 5) is 0. The van der Waals surface area contributed by atoms with E-state index >= 15 is 0 Å². The molecule has 0 aliphatic carbocycles. The molecule has 2 rings (SSSR count). The van der Waals surface area contributed by atoms with Crippen LogP contribution < -0.4 is 10.9 Å². The van der Waals surface area contributed by atoms with E-state index in [-0.39, 0.29) is 0 Å². The molecule has 4 N–H and O–H groups in total. The van der Waals surface area contributed by atoms with Crippen LogP contribution in [0.5, 0.6) is 0 Å². The third-order valence-corrected chi connectivity index (χ3v) is 3.28. The van der Waals surface area contributed by atoms with Gasteiger partial charge >= 0.3 is 14.2 Å². The van der Waals surface area contributed by atoms with Crippen LogP contribution in [-0.2, 0) is 0 Å². The summed E-state index contributed by atoms with van der Waals surface area (Å²) >= 11 is 6.42. The van der Waals surface area contributed by atoms with Crippen molar-refractivity contribution in [2.24, 2.45) is 0 Å². The molecule has 0 aliphatic heterocycles. The van der Waals surface area contributed by atoms with Crippen molar-refractivity contribution in [2.75, 3.05) is 0 Å². The maximum Gasteiger partial charge on any atom is 0.488 e. The van der Waals surface area contributed by atoms with Gasteiger partial charge in [-0.25, -0.2) is 0 Å². The fraction of sp³-hybridized carbons (Fsp3) is 0. The van der Waals surface area contributed by atoms with Crippen molar-refractivity contribution in [3.63, 3.8) is 0 Å². The van der Waals surface area contributed by atoms with E-state index in [2.05, 4.69) is 31.9 Å². The molecule has 0 amide bonds. The van der Waals surface area contributed by atoms with Gasteiger partial charge in [0.15, 0.2) is 0 Å². The van der Waals surface area contributed by atoms with E-state index < -0.39 is 14.2 Å². The molecule has 0 radical (unpaired) electrons. The first-order chi connectivity index (χ1) is 9.40. The Kier molecular flexibility index (Phi) is 7.50. The van der Waals surface area contributed by atoms with Crippen molar-refractivity contribution in [3.8, 4) is 0 Å². The van der Waals surface area contributed by atoms with Gasteiger partial charge in [0.1, 0.15) is 0 Å². The van der Waals surface area contributed by atoms with E-state index in [1.165, 1.54) is 0 Å². The molecule has 0 fully saturated rings. The SMILES string of the molecule is OB(O)c1cccc(Br)c1.OB(O)c1cccc(Br)c1. The van der Waals surface area contributed by atoms with Crippen LogP contribution >= 0.6 is 31.9 Å². The molecule has 0 aliphatic rings. The normalized spacial score (nSPS) is 9.50. The lowest BCUT2D eigenvalue weighted by atomic mass is 9.81. The number of benzene rings is 2. The van der Waals surface area contributed by atoms with E-state index in [0.717, 1.165) is 8.95 Å². The van der Waals surface area contributed by atoms with Crippen molar-refractivity contribution in [2.45, 2.75) is 0 Å². The topological polar surface area (TPSA) is 80.9 Å². The van der Waals surface area contributed by atoms with Crippen molar-refractivity contribution in [1.82, 2.24) is 0 Å². The summed E-state index contributed by atoms with van der Waals surface area (Å²) in [5.41, 5.74) is 0.990. The first-order valence-corrected chi connectivity index (χ1v) is 7.22. The lowest BCUT2D eigenvalue weighted by molar-refractivity contribution is 0.424. The number of hydrogen-bond acceptors (Lipinski definition) is 4. The molecular weight excluding hydrogens is 390 g/mol. The van der Waals surface area contributed by atoms with Crippen LogP contribution in [0.1, 0.15) is 0 Å². The summed E-state index contributed by atoms with van der Waals surface area (Å²) in [5.74, 6) is 0. The van der Waals surface area contributed by atoms with Crippen molar-refractivity contribution >= 4 is 57.0 Å². The second kappa shape index (κ2) is 8.61. The number of rotatable bonds is 2. The summed E-state index contributed by atoms with van der Waals surface area (Å²) in [6.45, 7) is 0. The lowest BCUT2D eigenvalue weighted by Crippen LogP contribution is -2.29. The molecule has 0 aromatic heterocycles. The van der Waals surface area contributed by atoms with Gasteiger partial charge in [-0.3, -0.25) is 0 Å². The Balaban J connectivity index is 0.000000200. The zero-order chi connectivity index (χ0) is 15.1. The van der Waals surface area contributed by atoms with Crippen molar-refractivity contribution in [3.05, 3.63) is 57.5 Å². The Morgan fingerprint density at radius 1 is 0.650 bits per heavy atom. The molecule has 2 aromatic rings. The van der Waals surface area contributed by atoms with Gasteiger partial charge in [0.25, 0.3) is 0 Å². The molecule has 0 heterocycles. The minimum atomic E-state index is -1.38. The van der Waals surface area contributed by atoms with Gasteiger partial charge in [-0.15, -0.1) is 0 Å². The number of hydrogen-bond donors (Lipinski definition) is 4. The van der Waals surface area contributed by atoms with Crippen molar-refractivity contribution in [1.29, 1.82) is 0 Å². The molecule has 2 aromatic carbocycles. The van der Waals surface area contributed by atoms with Crippen molar-refractivity contribution < 1.29 is 20.1 Å². The van der Waals surface area contributed by atoms with Crippen LogP contribution in [0.3, 0.4) is 0 Å². The molecule has 104 valence electrons. The predicted octanol–water partition coefficient (Wildman–Crippen LogP) is 0.258. The maximum absolute atomic E-state index is 8.68. The molecule has 20 heavy (non-hydrogen) atoms. The molecule has 0 bridgehead atoms. The minimum Gasteiger partial charge on any atom is -0.423 e. The van der Waals surface area contributed by atoms with E-state index in [0.29, 0.717) is 10.9 Å². The highest BCUT2D eigenvalue weighted by Gasteiger charge is 2.09. The molecular formula is C12H12B2Br2O4. The van der Waals surface area contributed by atoms with E-state index in [1.54, 1.807) is 36.4 Å². The summed E-state index contributed by atoms with van der Waals surface area (Å²) < 4.78 is 1.69. The van der Waals surface area contributed by atoms with Gasteiger partial charge in [-0.1, -0.05) is 56.1 Å². The molecule has 0 saturated heterocycles. The quantitative estimate of drug-likeness (QED) is 0.544. The average molecular weight is 402 g/mol. The fourth-order valence-electron chi connectivity index (χ4n) is 1.33. The van der Waals surface area contributed by atoms with E-state index in [9.17, 15) is 0 Å². The Labute approximate surface area is 134 Å². The van der Waals surface area contributed by atoms with Gasteiger partial charge in [0, 0.05) is 8.95 Å². The van der Waals surface area contributed by atoms with Crippen LogP contribution in [-0.4, -0.2) is 34.3 Å². The summed E-state index contributed by atoms with van der Waals surface area (Å²) in [7, 11) is -2.75. The van der Waals surface area contributed by atoms with Gasteiger partial charge in [-0.05, 0) is 35.2 Å². The lowest BCUT2D eigenvalue weighted by Gasteiger charge is -1.97. The van der Waals surface area contributed by atoms with Gasteiger partial charge in [0.2, 0.25) is 0 Å². The Hall–Kier alpha value is -0.630. The van der Waals surface area contributed by atoms with Gasteiger partial charge in [0.05, 0.1) is 0 Å². The molecule has 0 unspecified atom stereocenters. The van der Waals surface area contributed by atoms with E-state index in [1.807, 2.05) is 12.1 Å². The summed E-state index contributed by atoms with van der Waals surface area (Å²) in [6, 6.07) is 13.8. The van der Waals surface area contributed by atoms with Crippen LogP contribution in [0.25, 0.3) is 0 Å². The standard InChI is InChI=1S/2C6H6BBrO2/c2*8-6-3-1-2-5(4-6)7(9)10/h2*1-4,9-10H. The molecule has 8 heteroatoms. The monoisotopic (exact) mass is 400 g/mol. The zero-order valence-electron chi connectivity index (χ0n) is 10.3. The molecule has 0 atom stereocenters. The maximum atomic E-state index is 8.68. The van der Waals surface area contributed by atoms with Gasteiger partial charge < -0.3 is 20.1 Å². The number of halogens is 2. The summed E-state index contributed by atoms with van der Waals surface area (Å²) in [5, 5.41) is 34.7. The minimum absolute atomic E-state index is 0.495. The average Bonchev–Trinajstić information content (AvgIpc) is 2.39. The Bertz CT molecular complexity index is 503. The third-order valence-electron chi connectivity index (χ3n) is 2.29. The van der Waals surface area contributed by atoms with Crippen LogP contribution in [0.2, 0.25) is 0 Å². The molecule has 4 nitrogen and oxygen atoms in total. The molecule has 0 saturated carbocycles. The molecule has 0 spiro atoms. The zero-order valence-corrected chi connectivity index (χ0v) is 13.5. The Morgan fingerprint density at radius 3 is 1.20 bits per heavy atom. The largest absolute Gasteiger partial charge is 0.488 e.